The molecule has 0 aliphatic carbocycles. The van der Waals surface area contributed by atoms with Crippen molar-refractivity contribution in [1.82, 2.24) is 6.15 Å². The highest BCUT2D eigenvalue weighted by Gasteiger charge is 2.33. The molecule has 0 fully saturated rings. The number of aliphatic carboxylic acids is 1. The number of unbranched alkanes of at least 4 members (excludes halogenated alkanes) is 14. The van der Waals surface area contributed by atoms with Gasteiger partial charge >= 0.3 is 5.97 Å². The van der Waals surface area contributed by atoms with Crippen molar-refractivity contribution in [2.75, 3.05) is 0 Å². The van der Waals surface area contributed by atoms with Gasteiger partial charge < -0.3 is 11.3 Å². The fourth-order valence-electron chi connectivity index (χ4n) is 4.22. The number of carboxylic acid groups (broad SMARTS) is 1. The molecule has 0 spiro atoms. The Bertz CT molecular complexity index is 341. The molecular formula is C25H53NO2. The van der Waals surface area contributed by atoms with Gasteiger partial charge in [0.25, 0.3) is 0 Å². The molecule has 0 amide bonds. The van der Waals surface area contributed by atoms with Crippen molar-refractivity contribution in [3.63, 3.8) is 0 Å². The lowest BCUT2D eigenvalue weighted by atomic mass is 9.72. The highest BCUT2D eigenvalue weighted by Crippen LogP contribution is 2.36. The second-order valence-electron chi connectivity index (χ2n) is 9.37. The Labute approximate surface area is 177 Å². The maximum Gasteiger partial charge on any atom is 0.307 e. The molecule has 0 bridgehead atoms. The SMILES string of the molecule is CCCCCCCCCCC(C(=O)O)C(C)(C)CCCCCCCCCC.N. The van der Waals surface area contributed by atoms with Gasteiger partial charge in [0, 0.05) is 0 Å². The highest BCUT2D eigenvalue weighted by atomic mass is 16.4. The molecular weight excluding hydrogens is 346 g/mol. The van der Waals surface area contributed by atoms with E-state index in [9.17, 15) is 9.90 Å². The largest absolute Gasteiger partial charge is 0.481 e. The fraction of sp³-hybridized carbons (Fsp3) is 0.960. The minimum Gasteiger partial charge on any atom is -0.481 e. The molecule has 0 heterocycles. The average molecular weight is 400 g/mol. The Hall–Kier alpha value is -0.570. The van der Waals surface area contributed by atoms with Crippen LogP contribution in [0.25, 0.3) is 0 Å². The second kappa shape index (κ2) is 19.7. The monoisotopic (exact) mass is 399 g/mol. The Morgan fingerprint density at radius 2 is 1.04 bits per heavy atom. The first-order valence-electron chi connectivity index (χ1n) is 12.2. The zero-order valence-corrected chi connectivity index (χ0v) is 19.9. The third-order valence-corrected chi connectivity index (χ3v) is 6.26. The molecule has 0 saturated carbocycles. The van der Waals surface area contributed by atoms with Crippen LogP contribution in [-0.4, -0.2) is 11.1 Å². The van der Waals surface area contributed by atoms with Crippen molar-refractivity contribution in [3.8, 4) is 0 Å². The minimum absolute atomic E-state index is 0. The van der Waals surface area contributed by atoms with E-state index in [0.29, 0.717) is 0 Å². The van der Waals surface area contributed by atoms with E-state index in [1.165, 1.54) is 96.3 Å². The van der Waals surface area contributed by atoms with Gasteiger partial charge in [-0.25, -0.2) is 0 Å². The molecule has 28 heavy (non-hydrogen) atoms. The molecule has 1 atom stereocenters. The summed E-state index contributed by atoms with van der Waals surface area (Å²) in [4.78, 5) is 11.8. The van der Waals surface area contributed by atoms with Crippen LogP contribution in [0.1, 0.15) is 143 Å². The van der Waals surface area contributed by atoms with Crippen LogP contribution in [0.2, 0.25) is 0 Å². The zero-order chi connectivity index (χ0) is 20.4. The molecule has 3 heteroatoms. The molecule has 0 saturated heterocycles. The Morgan fingerprint density at radius 3 is 1.43 bits per heavy atom. The summed E-state index contributed by atoms with van der Waals surface area (Å²) in [7, 11) is 0. The normalized spacial score (nSPS) is 12.6. The molecule has 0 aromatic heterocycles. The van der Waals surface area contributed by atoms with E-state index in [-0.39, 0.29) is 17.5 Å². The summed E-state index contributed by atoms with van der Waals surface area (Å²) < 4.78 is 0. The van der Waals surface area contributed by atoms with Gasteiger partial charge in [-0.3, -0.25) is 4.79 Å². The quantitative estimate of drug-likeness (QED) is 0.201. The van der Waals surface area contributed by atoms with Gasteiger partial charge in [0.15, 0.2) is 0 Å². The number of hydrogen-bond donors (Lipinski definition) is 2. The van der Waals surface area contributed by atoms with E-state index >= 15 is 0 Å². The summed E-state index contributed by atoms with van der Waals surface area (Å²) >= 11 is 0. The molecule has 4 N–H and O–H groups in total. The lowest BCUT2D eigenvalue weighted by molar-refractivity contribution is -0.146. The Morgan fingerprint density at radius 1 is 0.679 bits per heavy atom. The molecule has 0 aliphatic heterocycles. The van der Waals surface area contributed by atoms with Crippen molar-refractivity contribution < 1.29 is 9.90 Å². The van der Waals surface area contributed by atoms with Gasteiger partial charge in [-0.05, 0) is 18.3 Å². The summed E-state index contributed by atoms with van der Waals surface area (Å²) in [6.07, 6.45) is 22.7. The fourth-order valence-corrected chi connectivity index (χ4v) is 4.22. The molecule has 0 rings (SSSR count). The molecule has 0 radical (unpaired) electrons. The summed E-state index contributed by atoms with van der Waals surface area (Å²) in [5.41, 5.74) is -0.0742. The predicted octanol–water partition coefficient (Wildman–Crippen LogP) is 8.94. The number of carboxylic acids is 1. The first-order valence-corrected chi connectivity index (χ1v) is 12.2. The average Bonchev–Trinajstić information content (AvgIpc) is 2.62. The zero-order valence-electron chi connectivity index (χ0n) is 19.9. The van der Waals surface area contributed by atoms with Gasteiger partial charge in [-0.1, -0.05) is 130 Å². The van der Waals surface area contributed by atoms with E-state index in [4.69, 9.17) is 0 Å². The van der Waals surface area contributed by atoms with Crippen LogP contribution < -0.4 is 6.15 Å². The van der Waals surface area contributed by atoms with Crippen molar-refractivity contribution in [2.24, 2.45) is 11.3 Å². The Kier molecular flexibility index (Phi) is 20.9. The topological polar surface area (TPSA) is 72.3 Å². The molecule has 0 aliphatic rings. The summed E-state index contributed by atoms with van der Waals surface area (Å²) in [6.45, 7) is 8.87. The van der Waals surface area contributed by atoms with Gasteiger partial charge in [0.1, 0.15) is 0 Å². The molecule has 1 unspecified atom stereocenters. The highest BCUT2D eigenvalue weighted by molar-refractivity contribution is 5.70. The number of hydrogen-bond acceptors (Lipinski definition) is 2. The first-order chi connectivity index (χ1) is 13.0. The van der Waals surface area contributed by atoms with Crippen molar-refractivity contribution in [2.45, 2.75) is 143 Å². The number of carbonyl (C=O) groups is 1. The van der Waals surface area contributed by atoms with Crippen molar-refractivity contribution in [1.29, 1.82) is 0 Å². The van der Waals surface area contributed by atoms with Crippen molar-refractivity contribution in [3.05, 3.63) is 0 Å². The smallest absolute Gasteiger partial charge is 0.307 e. The minimum atomic E-state index is -0.581. The summed E-state index contributed by atoms with van der Waals surface area (Å²) in [5, 5.41) is 9.73. The van der Waals surface area contributed by atoms with Crippen LogP contribution in [-0.2, 0) is 4.79 Å². The summed E-state index contributed by atoms with van der Waals surface area (Å²) in [6, 6.07) is 0. The van der Waals surface area contributed by atoms with E-state index in [1.807, 2.05) is 0 Å². The van der Waals surface area contributed by atoms with Crippen molar-refractivity contribution >= 4 is 5.97 Å². The van der Waals surface area contributed by atoms with E-state index in [2.05, 4.69) is 27.7 Å². The van der Waals surface area contributed by atoms with E-state index in [0.717, 1.165) is 19.3 Å². The Balaban J connectivity index is 0. The first kappa shape index (κ1) is 29.6. The van der Waals surface area contributed by atoms with Crippen LogP contribution in [0.4, 0.5) is 0 Å². The molecule has 0 aromatic rings. The standard InChI is InChI=1S/C25H50O2.H3N/c1-5-7-9-11-13-15-17-19-21-23(24(26)27)25(3,4)22-20-18-16-14-12-10-8-6-2;/h23H,5-22H2,1-4H3,(H,26,27);1H3. The van der Waals surface area contributed by atoms with Gasteiger partial charge in [-0.15, -0.1) is 0 Å². The van der Waals surface area contributed by atoms with Gasteiger partial charge in [0.05, 0.1) is 5.92 Å². The predicted molar refractivity (Wildman–Crippen MR) is 124 cm³/mol. The van der Waals surface area contributed by atoms with Gasteiger partial charge in [0.2, 0.25) is 0 Å². The third kappa shape index (κ3) is 16.4. The lowest BCUT2D eigenvalue weighted by Gasteiger charge is -2.31. The number of rotatable bonds is 20. The van der Waals surface area contributed by atoms with E-state index < -0.39 is 5.97 Å². The second-order valence-corrected chi connectivity index (χ2v) is 9.37. The molecule has 3 nitrogen and oxygen atoms in total. The maximum atomic E-state index is 11.8. The van der Waals surface area contributed by atoms with Crippen LogP contribution in [0.15, 0.2) is 0 Å². The van der Waals surface area contributed by atoms with Crippen LogP contribution in [0, 0.1) is 11.3 Å². The lowest BCUT2D eigenvalue weighted by Crippen LogP contribution is -2.31. The summed E-state index contributed by atoms with van der Waals surface area (Å²) in [5.74, 6) is -0.760. The maximum absolute atomic E-state index is 11.8. The molecule has 0 aromatic carbocycles. The van der Waals surface area contributed by atoms with Gasteiger partial charge in [-0.2, -0.15) is 0 Å². The van der Waals surface area contributed by atoms with Crippen LogP contribution in [0.3, 0.4) is 0 Å². The third-order valence-electron chi connectivity index (χ3n) is 6.26. The van der Waals surface area contributed by atoms with Crippen LogP contribution in [0.5, 0.6) is 0 Å². The van der Waals surface area contributed by atoms with Crippen LogP contribution >= 0.6 is 0 Å². The van der Waals surface area contributed by atoms with E-state index in [1.54, 1.807) is 0 Å². The molecule has 170 valence electrons.